The van der Waals surface area contributed by atoms with Gasteiger partial charge in [0.25, 0.3) is 0 Å². The molecule has 0 unspecified atom stereocenters. The average molecular weight is 1600 g/mol. The molecule has 9 aromatic heterocycles. The molecule has 0 saturated carbocycles. The molecule has 0 amide bonds. The van der Waals surface area contributed by atoms with E-state index < -0.39 is 0 Å². The smallest absolute Gasteiger partial charge is 0.137 e. The number of benzene rings is 15. The zero-order valence-electron chi connectivity index (χ0n) is 69.2. The fourth-order valence-electron chi connectivity index (χ4n) is 19.8. The van der Waals surface area contributed by atoms with Crippen LogP contribution in [0.5, 0.6) is 0 Å². The second-order valence-corrected chi connectivity index (χ2v) is 34.2. The van der Waals surface area contributed by atoms with Crippen LogP contribution in [0.1, 0.15) is 49.9 Å². The van der Waals surface area contributed by atoms with Crippen LogP contribution < -0.4 is 0 Å². The van der Waals surface area contributed by atoms with Crippen molar-refractivity contribution in [3.63, 3.8) is 0 Å². The number of nitrogens with zero attached hydrogens (tertiary/aromatic N) is 9. The van der Waals surface area contributed by atoms with Gasteiger partial charge in [0.2, 0.25) is 0 Å². The van der Waals surface area contributed by atoms with Gasteiger partial charge in [-0.1, -0.05) is 325 Å². The first-order chi connectivity index (χ1) is 61.4. The highest BCUT2D eigenvalue weighted by Crippen LogP contribution is 2.52. The number of aromatic nitrogens is 9. The number of hydrogen-bond acceptors (Lipinski definition) is 6. The van der Waals surface area contributed by atoms with Gasteiger partial charge in [0.1, 0.15) is 33.5 Å². The summed E-state index contributed by atoms with van der Waals surface area (Å²) in [5.41, 5.74) is 40.9. The van der Waals surface area contributed by atoms with E-state index in [9.17, 15) is 0 Å². The van der Waals surface area contributed by atoms with E-state index in [1.54, 1.807) is 0 Å². The monoisotopic (exact) mass is 1600 g/mol. The summed E-state index contributed by atoms with van der Waals surface area (Å²) in [4.78, 5) is 30.4. The molecule has 0 atom stereocenters. The summed E-state index contributed by atoms with van der Waals surface area (Å²) in [6.07, 6.45) is 6.22. The van der Waals surface area contributed by atoms with E-state index in [2.05, 4.69) is 387 Å². The van der Waals surface area contributed by atoms with E-state index in [-0.39, 0.29) is 10.8 Å². The van der Waals surface area contributed by atoms with E-state index in [1.807, 2.05) is 60.7 Å². The topological polar surface area (TPSA) is 90.6 Å². The molecule has 2 aliphatic carbocycles. The standard InChI is InChI=1S/C41H29N3.C40H25N3.C35H25N3/c1-41(2)34-11-5-3-9-31(34)33-25-30(22-23-35(33)41)28-16-14-26(15-17-28)27-18-20-29(21-19-27)38-40-39(32-10-4-6-12-36(32)42-38)43-37-13-7-8-24-44(37)40;1-2-9-27-22-30(16-15-26(27)8-1)32-20-19-31-23-29(17-18-33(31)24-32)28-10-7-11-34(25-28)38-40-39(35-12-3-4-13-36(35)41-38)42-37-14-5-6-21-43(37)40;1-35(2)28-11-5-3-9-25(28)27-21-24(18-19-29(27)35)22-14-16-23(17-15-22)32-34-33(26-10-4-6-12-30(26)36-32)37-31-13-7-8-20-38(31)34/h3-25H,1-2H3;1-25H;3-21H,1-2H3. The first-order valence-electron chi connectivity index (χ1n) is 42.9. The van der Waals surface area contributed by atoms with Crippen molar-refractivity contribution < 1.29 is 0 Å². The lowest BCUT2D eigenvalue weighted by molar-refractivity contribution is 0.660. The number of fused-ring (bicyclic) bond motifs is 23. The van der Waals surface area contributed by atoms with Crippen LogP contribution in [0.15, 0.2) is 407 Å². The molecule has 125 heavy (non-hydrogen) atoms. The Kier molecular flexibility index (Phi) is 16.8. The Morgan fingerprint density at radius 1 is 0.192 bits per heavy atom. The summed E-state index contributed by atoms with van der Waals surface area (Å²) in [5, 5.41) is 8.20. The third kappa shape index (κ3) is 12.1. The van der Waals surface area contributed by atoms with Crippen LogP contribution in [0.3, 0.4) is 0 Å². The number of imidazole rings is 3. The van der Waals surface area contributed by atoms with Crippen molar-refractivity contribution in [2.75, 3.05) is 0 Å². The maximum atomic E-state index is 5.18. The molecule has 0 N–H and O–H groups in total. The van der Waals surface area contributed by atoms with Crippen molar-refractivity contribution in [1.82, 2.24) is 43.1 Å². The molecule has 0 aliphatic heterocycles. The Morgan fingerprint density at radius 3 is 0.904 bits per heavy atom. The lowest BCUT2D eigenvalue weighted by Gasteiger charge is -2.21. The van der Waals surface area contributed by atoms with Crippen LogP contribution in [-0.2, 0) is 10.8 Å². The normalized spacial score (nSPS) is 12.9. The summed E-state index contributed by atoms with van der Waals surface area (Å²) < 4.78 is 6.45. The van der Waals surface area contributed by atoms with Gasteiger partial charge in [-0.05, 0) is 213 Å². The molecular weight excluding hydrogens is 1520 g/mol. The Hall–Kier alpha value is -16.1. The molecule has 9 heterocycles. The van der Waals surface area contributed by atoms with Gasteiger partial charge in [-0.2, -0.15) is 0 Å². The lowest BCUT2D eigenvalue weighted by Crippen LogP contribution is -2.14. The molecule has 24 aromatic rings. The van der Waals surface area contributed by atoms with Gasteiger partial charge in [0, 0.05) is 62.3 Å². The quantitative estimate of drug-likeness (QED) is 0.151. The molecular formula is C116H79N9. The van der Waals surface area contributed by atoms with Crippen molar-refractivity contribution in [1.29, 1.82) is 0 Å². The maximum Gasteiger partial charge on any atom is 0.137 e. The minimum atomic E-state index is 0.0233. The molecule has 15 aromatic carbocycles. The Morgan fingerprint density at radius 2 is 0.480 bits per heavy atom. The number of para-hydroxylation sites is 3. The predicted molar refractivity (Wildman–Crippen MR) is 518 cm³/mol. The molecule has 0 saturated heterocycles. The first-order valence-corrected chi connectivity index (χ1v) is 42.9. The Balaban J connectivity index is 0.000000105. The van der Waals surface area contributed by atoms with Crippen LogP contribution in [0.4, 0.5) is 0 Å². The molecule has 588 valence electrons. The second kappa shape index (κ2) is 28.8. The minimum absolute atomic E-state index is 0.0233. The van der Waals surface area contributed by atoms with Crippen LogP contribution in [0.2, 0.25) is 0 Å². The summed E-state index contributed by atoms with van der Waals surface area (Å²) >= 11 is 0. The summed E-state index contributed by atoms with van der Waals surface area (Å²) in [5.74, 6) is 0. The van der Waals surface area contributed by atoms with Gasteiger partial charge in [-0.3, -0.25) is 13.2 Å². The summed E-state index contributed by atoms with van der Waals surface area (Å²) in [6, 6.07) is 139. The van der Waals surface area contributed by atoms with Gasteiger partial charge in [-0.25, -0.2) is 29.9 Å². The van der Waals surface area contributed by atoms with Crippen molar-refractivity contribution in [2.45, 2.75) is 38.5 Å². The average Bonchev–Trinajstić information content (AvgIpc) is 1.63. The van der Waals surface area contributed by atoms with E-state index in [1.165, 1.54) is 116 Å². The largest absolute Gasteiger partial charge is 0.298 e. The minimum Gasteiger partial charge on any atom is -0.298 e. The predicted octanol–water partition coefficient (Wildman–Crippen LogP) is 29.4. The number of pyridine rings is 6. The summed E-state index contributed by atoms with van der Waals surface area (Å²) in [7, 11) is 0. The lowest BCUT2D eigenvalue weighted by atomic mass is 9.82. The molecule has 9 heteroatoms. The third-order valence-corrected chi connectivity index (χ3v) is 26.2. The van der Waals surface area contributed by atoms with Crippen molar-refractivity contribution >= 4 is 104 Å². The van der Waals surface area contributed by atoms with Crippen LogP contribution in [-0.4, -0.2) is 43.1 Å². The van der Waals surface area contributed by atoms with E-state index in [0.717, 1.165) is 122 Å². The van der Waals surface area contributed by atoms with E-state index in [0.29, 0.717) is 0 Å². The Bertz CT molecular complexity index is 8540. The zero-order valence-corrected chi connectivity index (χ0v) is 69.2. The highest BCUT2D eigenvalue weighted by Gasteiger charge is 2.37. The molecule has 0 radical (unpaired) electrons. The van der Waals surface area contributed by atoms with Crippen LogP contribution in [0, 0.1) is 0 Å². The highest BCUT2D eigenvalue weighted by atomic mass is 15.0. The molecule has 26 rings (SSSR count). The number of hydrogen-bond donors (Lipinski definition) is 0. The number of rotatable bonds is 8. The highest BCUT2D eigenvalue weighted by molar-refractivity contribution is 6.12. The maximum absolute atomic E-state index is 5.18. The van der Waals surface area contributed by atoms with Gasteiger partial charge in [0.15, 0.2) is 0 Å². The van der Waals surface area contributed by atoms with Gasteiger partial charge < -0.3 is 0 Å². The Labute approximate surface area is 721 Å². The SMILES string of the molecule is CC1(C)c2ccccc2-c2cc(-c3ccc(-c4ccc(-c5nc6ccccc6c6nc7ccccn7c56)cc4)cc3)ccc21.CC1(C)c2ccccc2-c2cc(-c3ccc(-c4nc5ccccc5c5nc6ccccn6c45)cc3)ccc21.c1cc(-c2ccc3cc(-c4ccc5ccccc5c4)ccc3c2)cc(-c2nc3ccccc3c3nc4ccccn4c23)c1. The van der Waals surface area contributed by atoms with Crippen molar-refractivity contribution in [3.05, 3.63) is 429 Å². The fraction of sp³-hybridized carbons (Fsp3) is 0.0517. The summed E-state index contributed by atoms with van der Waals surface area (Å²) in [6.45, 7) is 9.30. The molecule has 9 nitrogen and oxygen atoms in total. The molecule has 0 spiro atoms. The van der Waals surface area contributed by atoms with Crippen molar-refractivity contribution in [3.8, 4) is 112 Å². The molecule has 0 fully saturated rings. The van der Waals surface area contributed by atoms with Crippen LogP contribution in [0.25, 0.3) is 216 Å². The molecule has 0 bridgehead atoms. The van der Waals surface area contributed by atoms with Crippen LogP contribution >= 0.6 is 0 Å². The van der Waals surface area contributed by atoms with Gasteiger partial charge in [0.05, 0.1) is 50.2 Å². The second-order valence-electron chi connectivity index (χ2n) is 34.2. The fourth-order valence-corrected chi connectivity index (χ4v) is 19.8. The zero-order chi connectivity index (χ0) is 83.2. The molecule has 2 aliphatic rings. The first kappa shape index (κ1) is 72.9. The van der Waals surface area contributed by atoms with Gasteiger partial charge in [-0.15, -0.1) is 0 Å². The van der Waals surface area contributed by atoms with Gasteiger partial charge >= 0.3 is 0 Å². The van der Waals surface area contributed by atoms with E-state index >= 15 is 0 Å². The van der Waals surface area contributed by atoms with Crippen molar-refractivity contribution in [2.24, 2.45) is 0 Å². The third-order valence-electron chi connectivity index (χ3n) is 26.2. The van der Waals surface area contributed by atoms with E-state index in [4.69, 9.17) is 29.9 Å².